The van der Waals surface area contributed by atoms with Crippen molar-refractivity contribution in [1.29, 1.82) is 0 Å². The van der Waals surface area contributed by atoms with Crippen molar-refractivity contribution in [3.63, 3.8) is 0 Å². The van der Waals surface area contributed by atoms with Crippen LogP contribution in [0.3, 0.4) is 0 Å². The van der Waals surface area contributed by atoms with Gasteiger partial charge in [0, 0.05) is 24.2 Å². The maximum Gasteiger partial charge on any atom is 0.273 e. The second-order valence-corrected chi connectivity index (χ2v) is 5.43. The fourth-order valence-electron chi connectivity index (χ4n) is 2.78. The first-order valence-corrected chi connectivity index (χ1v) is 7.49. The van der Waals surface area contributed by atoms with Crippen molar-refractivity contribution in [2.75, 3.05) is 19.6 Å². The van der Waals surface area contributed by atoms with E-state index in [0.29, 0.717) is 6.54 Å². The van der Waals surface area contributed by atoms with E-state index < -0.39 is 16.4 Å². The number of rotatable bonds is 5. The molecule has 1 N–H and O–H groups in total. The minimum Gasteiger partial charge on any atom is -0.336 e. The van der Waals surface area contributed by atoms with Crippen LogP contribution in [-0.2, 0) is 0 Å². The molecule has 23 heavy (non-hydrogen) atoms. The highest BCUT2D eigenvalue weighted by Gasteiger charge is 2.27. The summed E-state index contributed by atoms with van der Waals surface area (Å²) in [5.74, 6) is -1.10. The third kappa shape index (κ3) is 4.87. The summed E-state index contributed by atoms with van der Waals surface area (Å²) < 4.78 is 13.6. The number of carbonyl (C=O) groups is 1. The second-order valence-electron chi connectivity index (χ2n) is 5.43. The zero-order valence-corrected chi connectivity index (χ0v) is 13.8. The number of benzene rings is 1. The van der Waals surface area contributed by atoms with Gasteiger partial charge in [0.25, 0.3) is 11.6 Å². The SMILES string of the molecule is CCCN(C(=O)c1cc(F)cc([N+](=O)[O-])c1)C1CCNCC1.Cl. The van der Waals surface area contributed by atoms with Crippen molar-refractivity contribution >= 4 is 24.0 Å². The van der Waals surface area contributed by atoms with Gasteiger partial charge in [0.05, 0.1) is 11.0 Å². The summed E-state index contributed by atoms with van der Waals surface area (Å²) in [6.45, 7) is 4.20. The Morgan fingerprint density at radius 3 is 2.61 bits per heavy atom. The third-order valence-electron chi connectivity index (χ3n) is 3.82. The lowest BCUT2D eigenvalue weighted by Gasteiger charge is -2.34. The van der Waals surface area contributed by atoms with E-state index in [1.165, 1.54) is 0 Å². The molecule has 8 heteroatoms. The Kier molecular flexibility index (Phi) is 7.38. The van der Waals surface area contributed by atoms with Gasteiger partial charge in [-0.3, -0.25) is 14.9 Å². The topological polar surface area (TPSA) is 75.5 Å². The van der Waals surface area contributed by atoms with Crippen LogP contribution in [0.15, 0.2) is 18.2 Å². The number of hydrogen-bond acceptors (Lipinski definition) is 4. The van der Waals surface area contributed by atoms with Crippen LogP contribution in [0.1, 0.15) is 36.5 Å². The number of nitrogens with one attached hydrogen (secondary N) is 1. The molecule has 1 aliphatic rings. The molecule has 0 aliphatic carbocycles. The molecule has 6 nitrogen and oxygen atoms in total. The van der Waals surface area contributed by atoms with Crippen molar-refractivity contribution in [1.82, 2.24) is 10.2 Å². The zero-order chi connectivity index (χ0) is 16.1. The lowest BCUT2D eigenvalue weighted by molar-refractivity contribution is -0.385. The molecule has 2 rings (SSSR count). The number of carbonyl (C=O) groups excluding carboxylic acids is 1. The molecule has 1 saturated heterocycles. The van der Waals surface area contributed by atoms with Crippen molar-refractivity contribution in [3.05, 3.63) is 39.7 Å². The van der Waals surface area contributed by atoms with Gasteiger partial charge in [0.1, 0.15) is 5.82 Å². The quantitative estimate of drug-likeness (QED) is 0.657. The molecule has 1 fully saturated rings. The van der Waals surface area contributed by atoms with Crippen molar-refractivity contribution < 1.29 is 14.1 Å². The summed E-state index contributed by atoms with van der Waals surface area (Å²) in [7, 11) is 0. The van der Waals surface area contributed by atoms with E-state index in [9.17, 15) is 19.3 Å². The number of nitro benzene ring substituents is 1. The largest absolute Gasteiger partial charge is 0.336 e. The van der Waals surface area contributed by atoms with Gasteiger partial charge in [0.2, 0.25) is 0 Å². The second kappa shape index (κ2) is 8.79. The molecule has 0 saturated carbocycles. The number of piperidine rings is 1. The van der Waals surface area contributed by atoms with Gasteiger partial charge in [-0.15, -0.1) is 12.4 Å². The first-order valence-electron chi connectivity index (χ1n) is 7.49. The Labute approximate surface area is 140 Å². The Morgan fingerprint density at radius 2 is 2.04 bits per heavy atom. The summed E-state index contributed by atoms with van der Waals surface area (Å²) in [5.41, 5.74) is -0.358. The van der Waals surface area contributed by atoms with Crippen molar-refractivity contribution in [3.8, 4) is 0 Å². The van der Waals surface area contributed by atoms with E-state index in [-0.39, 0.29) is 29.9 Å². The molecule has 0 spiro atoms. The van der Waals surface area contributed by atoms with Crippen LogP contribution in [-0.4, -0.2) is 41.4 Å². The minimum atomic E-state index is -0.765. The molecule has 0 bridgehead atoms. The van der Waals surface area contributed by atoms with E-state index in [4.69, 9.17) is 0 Å². The lowest BCUT2D eigenvalue weighted by atomic mass is 10.0. The number of hydrogen-bond donors (Lipinski definition) is 1. The summed E-state index contributed by atoms with van der Waals surface area (Å²) >= 11 is 0. The van der Waals surface area contributed by atoms with E-state index >= 15 is 0 Å². The standard InChI is InChI=1S/C15H20FN3O3.ClH/c1-2-7-18(13-3-5-17-6-4-13)15(20)11-8-12(16)10-14(9-11)19(21)22;/h8-10,13,17H,2-7H2,1H3;1H. The molecule has 0 atom stereocenters. The monoisotopic (exact) mass is 345 g/mol. The Morgan fingerprint density at radius 1 is 1.39 bits per heavy atom. The Bertz CT molecular complexity index is 565. The molecule has 0 radical (unpaired) electrons. The van der Waals surface area contributed by atoms with Crippen LogP contribution in [0, 0.1) is 15.9 Å². The summed E-state index contributed by atoms with van der Waals surface area (Å²) in [6, 6.07) is 3.13. The van der Waals surface area contributed by atoms with Crippen molar-refractivity contribution in [2.45, 2.75) is 32.2 Å². The first-order chi connectivity index (χ1) is 10.5. The molecule has 0 unspecified atom stereocenters. The van der Waals surface area contributed by atoms with Gasteiger partial charge in [-0.2, -0.15) is 0 Å². The highest BCUT2D eigenvalue weighted by Crippen LogP contribution is 2.21. The van der Waals surface area contributed by atoms with Crippen molar-refractivity contribution in [2.24, 2.45) is 0 Å². The molecule has 1 heterocycles. The number of nitro groups is 1. The summed E-state index contributed by atoms with van der Waals surface area (Å²) in [6.07, 6.45) is 2.46. The predicted octanol–water partition coefficient (Wildman–Crippen LogP) is 2.76. The van der Waals surface area contributed by atoms with Crippen LogP contribution in [0.5, 0.6) is 0 Å². The van der Waals surface area contributed by atoms with Gasteiger partial charge in [-0.1, -0.05) is 6.92 Å². The summed E-state index contributed by atoms with van der Waals surface area (Å²) in [4.78, 5) is 24.5. The first kappa shape index (κ1) is 19.3. The fraction of sp³-hybridized carbons (Fsp3) is 0.533. The fourth-order valence-corrected chi connectivity index (χ4v) is 2.78. The number of non-ortho nitro benzene ring substituents is 1. The van der Waals surface area contributed by atoms with Gasteiger partial charge < -0.3 is 10.2 Å². The molecular formula is C15H21ClFN3O3. The number of nitrogens with zero attached hydrogens (tertiary/aromatic N) is 2. The third-order valence-corrected chi connectivity index (χ3v) is 3.82. The number of halogens is 2. The van der Waals surface area contributed by atoms with E-state index in [1.807, 2.05) is 6.92 Å². The molecule has 1 aromatic carbocycles. The van der Waals surface area contributed by atoms with Gasteiger partial charge in [-0.25, -0.2) is 4.39 Å². The molecule has 1 aromatic rings. The van der Waals surface area contributed by atoms with Crippen LogP contribution in [0.25, 0.3) is 0 Å². The zero-order valence-electron chi connectivity index (χ0n) is 13.0. The molecule has 1 amide bonds. The Hall–Kier alpha value is -1.73. The number of amides is 1. The van der Waals surface area contributed by atoms with E-state index in [2.05, 4.69) is 5.32 Å². The molecule has 0 aromatic heterocycles. The van der Waals surface area contributed by atoms with E-state index in [0.717, 1.165) is 50.6 Å². The molecular weight excluding hydrogens is 325 g/mol. The maximum absolute atomic E-state index is 13.6. The Balaban J connectivity index is 0.00000264. The average molecular weight is 346 g/mol. The maximum atomic E-state index is 13.6. The smallest absolute Gasteiger partial charge is 0.273 e. The van der Waals surface area contributed by atoms with Gasteiger partial charge in [-0.05, 0) is 38.4 Å². The van der Waals surface area contributed by atoms with Crippen LogP contribution in [0.2, 0.25) is 0 Å². The van der Waals surface area contributed by atoms with Crippen LogP contribution < -0.4 is 5.32 Å². The van der Waals surface area contributed by atoms with Gasteiger partial charge >= 0.3 is 0 Å². The summed E-state index contributed by atoms with van der Waals surface area (Å²) in [5, 5.41) is 14.1. The van der Waals surface area contributed by atoms with Crippen LogP contribution >= 0.6 is 12.4 Å². The normalized spacial score (nSPS) is 14.9. The predicted molar refractivity (Wildman–Crippen MR) is 87.5 cm³/mol. The molecule has 1 aliphatic heterocycles. The van der Waals surface area contributed by atoms with Gasteiger partial charge in [0.15, 0.2) is 0 Å². The lowest BCUT2D eigenvalue weighted by Crippen LogP contribution is -2.46. The minimum absolute atomic E-state index is 0. The average Bonchev–Trinajstić information content (AvgIpc) is 2.52. The molecule has 128 valence electrons. The van der Waals surface area contributed by atoms with E-state index in [1.54, 1.807) is 4.90 Å². The van der Waals surface area contributed by atoms with Crippen LogP contribution in [0.4, 0.5) is 10.1 Å². The highest BCUT2D eigenvalue weighted by atomic mass is 35.5. The highest BCUT2D eigenvalue weighted by molar-refractivity contribution is 5.95.